The predicted octanol–water partition coefficient (Wildman–Crippen LogP) is 7.98. The SMILES string of the molecule is CCCCC(C)C(C)N(C(/N=C1/CCCCC1C)=C(C)C)C1CCCC(C)C1. The second-order valence-corrected chi connectivity index (χ2v) is 10.3. The van der Waals surface area contributed by atoms with Gasteiger partial charge in [0, 0.05) is 17.8 Å². The van der Waals surface area contributed by atoms with Crippen LogP contribution in [0, 0.1) is 17.8 Å². The van der Waals surface area contributed by atoms with Gasteiger partial charge in [0.15, 0.2) is 0 Å². The van der Waals surface area contributed by atoms with Gasteiger partial charge in [-0.15, -0.1) is 0 Å². The molecule has 0 amide bonds. The van der Waals surface area contributed by atoms with Crippen LogP contribution in [0.15, 0.2) is 16.4 Å². The van der Waals surface area contributed by atoms with E-state index in [1.807, 2.05) is 0 Å². The Morgan fingerprint density at radius 1 is 1.07 bits per heavy atom. The summed E-state index contributed by atoms with van der Waals surface area (Å²) in [5, 5.41) is 0. The van der Waals surface area contributed by atoms with Crippen molar-refractivity contribution in [2.75, 3.05) is 0 Å². The van der Waals surface area contributed by atoms with Gasteiger partial charge in [-0.2, -0.15) is 0 Å². The first-order chi connectivity index (χ1) is 13.3. The number of hydrogen-bond acceptors (Lipinski definition) is 2. The van der Waals surface area contributed by atoms with E-state index in [0.717, 1.165) is 11.8 Å². The summed E-state index contributed by atoms with van der Waals surface area (Å²) in [6, 6.07) is 1.23. The summed E-state index contributed by atoms with van der Waals surface area (Å²) in [6.07, 6.45) is 14.6. The Morgan fingerprint density at radius 3 is 2.43 bits per heavy atom. The molecule has 0 radical (unpaired) electrons. The van der Waals surface area contributed by atoms with Crippen molar-refractivity contribution in [1.29, 1.82) is 0 Å². The molecule has 0 saturated heterocycles. The zero-order chi connectivity index (χ0) is 20.7. The summed E-state index contributed by atoms with van der Waals surface area (Å²) >= 11 is 0. The predicted molar refractivity (Wildman–Crippen MR) is 125 cm³/mol. The topological polar surface area (TPSA) is 15.6 Å². The number of unbranched alkanes of at least 4 members (excludes halogenated alkanes) is 1. The van der Waals surface area contributed by atoms with Crippen LogP contribution < -0.4 is 0 Å². The van der Waals surface area contributed by atoms with Gasteiger partial charge in [-0.05, 0) is 82.6 Å². The molecule has 2 aliphatic rings. The van der Waals surface area contributed by atoms with Gasteiger partial charge in [0.25, 0.3) is 0 Å². The van der Waals surface area contributed by atoms with E-state index < -0.39 is 0 Å². The van der Waals surface area contributed by atoms with Crippen LogP contribution in [-0.4, -0.2) is 22.7 Å². The Balaban J connectivity index is 2.36. The second kappa shape index (κ2) is 11.4. The Hall–Kier alpha value is -0.790. The van der Waals surface area contributed by atoms with Crippen LogP contribution in [0.3, 0.4) is 0 Å². The second-order valence-electron chi connectivity index (χ2n) is 10.3. The lowest BCUT2D eigenvalue weighted by Gasteiger charge is -2.45. The van der Waals surface area contributed by atoms with Crippen LogP contribution in [0.5, 0.6) is 0 Å². The average molecular weight is 389 g/mol. The number of rotatable bonds is 8. The van der Waals surface area contributed by atoms with E-state index in [1.165, 1.54) is 87.7 Å². The minimum atomic E-state index is 0.565. The Labute approximate surface area is 176 Å². The standard InChI is InChI=1S/C26H48N2/c1-8-9-14-21(5)23(7)28(24-16-12-13-20(4)18-24)26(19(2)3)27-25-17-11-10-15-22(25)6/h20-24H,8-18H2,1-7H3/b27-25-. The summed E-state index contributed by atoms with van der Waals surface area (Å²) in [6.45, 7) is 16.7. The Bertz CT molecular complexity index is 529. The van der Waals surface area contributed by atoms with Gasteiger partial charge in [-0.25, -0.2) is 4.99 Å². The van der Waals surface area contributed by atoms with E-state index in [0.29, 0.717) is 18.0 Å². The highest BCUT2D eigenvalue weighted by Gasteiger charge is 2.32. The molecule has 0 aliphatic heterocycles. The molecule has 2 nitrogen and oxygen atoms in total. The molecule has 5 unspecified atom stereocenters. The molecular formula is C26H48N2. The Kier molecular flexibility index (Phi) is 9.57. The van der Waals surface area contributed by atoms with Gasteiger partial charge < -0.3 is 4.90 Å². The maximum absolute atomic E-state index is 5.42. The van der Waals surface area contributed by atoms with E-state index in [4.69, 9.17) is 4.99 Å². The third-order valence-corrected chi connectivity index (χ3v) is 7.41. The lowest BCUT2D eigenvalue weighted by atomic mass is 9.84. The van der Waals surface area contributed by atoms with Gasteiger partial charge in [-0.1, -0.05) is 59.8 Å². The highest BCUT2D eigenvalue weighted by atomic mass is 15.3. The van der Waals surface area contributed by atoms with Gasteiger partial charge in [0.2, 0.25) is 0 Å². The van der Waals surface area contributed by atoms with Crippen LogP contribution in [-0.2, 0) is 0 Å². The fraction of sp³-hybridized carbons (Fsp3) is 0.885. The minimum absolute atomic E-state index is 0.565. The van der Waals surface area contributed by atoms with E-state index in [-0.39, 0.29) is 0 Å². The summed E-state index contributed by atoms with van der Waals surface area (Å²) < 4.78 is 0. The zero-order valence-electron chi connectivity index (χ0n) is 20.1. The molecule has 2 aliphatic carbocycles. The monoisotopic (exact) mass is 388 g/mol. The van der Waals surface area contributed by atoms with Crippen molar-refractivity contribution in [1.82, 2.24) is 4.90 Å². The number of hydrogen-bond donors (Lipinski definition) is 0. The summed E-state index contributed by atoms with van der Waals surface area (Å²) in [5.74, 6) is 3.54. The molecule has 0 aromatic rings. The molecule has 2 rings (SSSR count). The lowest BCUT2D eigenvalue weighted by molar-refractivity contribution is 0.0997. The number of allylic oxidation sites excluding steroid dienone is 1. The summed E-state index contributed by atoms with van der Waals surface area (Å²) in [5.41, 5.74) is 2.86. The van der Waals surface area contributed by atoms with Crippen LogP contribution in [0.4, 0.5) is 0 Å². The molecule has 0 heterocycles. The smallest absolute Gasteiger partial charge is 0.127 e. The minimum Gasteiger partial charge on any atom is -0.351 e. The molecule has 162 valence electrons. The van der Waals surface area contributed by atoms with Crippen LogP contribution in [0.25, 0.3) is 0 Å². The van der Waals surface area contributed by atoms with Gasteiger partial charge in [0.1, 0.15) is 5.82 Å². The van der Waals surface area contributed by atoms with Crippen molar-refractivity contribution in [3.63, 3.8) is 0 Å². The molecule has 0 N–H and O–H groups in total. The van der Waals surface area contributed by atoms with Crippen molar-refractivity contribution in [2.45, 2.75) is 131 Å². The average Bonchev–Trinajstić information content (AvgIpc) is 2.66. The van der Waals surface area contributed by atoms with Crippen LogP contribution in [0.1, 0.15) is 119 Å². The normalized spacial score (nSPS) is 29.4. The molecule has 2 saturated carbocycles. The fourth-order valence-electron chi connectivity index (χ4n) is 5.29. The van der Waals surface area contributed by atoms with Crippen molar-refractivity contribution < 1.29 is 0 Å². The molecular weight excluding hydrogens is 340 g/mol. The number of aliphatic imine (C=N–C) groups is 1. The fourth-order valence-corrected chi connectivity index (χ4v) is 5.29. The first kappa shape index (κ1) is 23.5. The number of nitrogens with zero attached hydrogens (tertiary/aromatic N) is 2. The largest absolute Gasteiger partial charge is 0.351 e. The van der Waals surface area contributed by atoms with Gasteiger partial charge in [0.05, 0.1) is 0 Å². The quantitative estimate of drug-likeness (QED) is 0.411. The molecule has 0 aromatic heterocycles. The first-order valence-electron chi connectivity index (χ1n) is 12.4. The maximum Gasteiger partial charge on any atom is 0.127 e. The molecule has 28 heavy (non-hydrogen) atoms. The van der Waals surface area contributed by atoms with Gasteiger partial charge in [-0.3, -0.25) is 0 Å². The van der Waals surface area contributed by atoms with Crippen molar-refractivity contribution in [2.24, 2.45) is 22.7 Å². The maximum atomic E-state index is 5.42. The molecule has 0 aromatic carbocycles. The lowest BCUT2D eigenvalue weighted by Crippen LogP contribution is -2.46. The third kappa shape index (κ3) is 6.36. The van der Waals surface area contributed by atoms with Crippen molar-refractivity contribution >= 4 is 5.71 Å². The molecule has 0 bridgehead atoms. The molecule has 2 heteroatoms. The van der Waals surface area contributed by atoms with E-state index in [1.54, 1.807) is 0 Å². The van der Waals surface area contributed by atoms with E-state index in [2.05, 4.69) is 53.4 Å². The summed E-state index contributed by atoms with van der Waals surface area (Å²) in [7, 11) is 0. The first-order valence-corrected chi connectivity index (χ1v) is 12.4. The molecule has 2 fully saturated rings. The Morgan fingerprint density at radius 2 is 1.82 bits per heavy atom. The van der Waals surface area contributed by atoms with Gasteiger partial charge >= 0.3 is 0 Å². The highest BCUT2D eigenvalue weighted by molar-refractivity contribution is 5.88. The van der Waals surface area contributed by atoms with Crippen molar-refractivity contribution in [3.05, 3.63) is 11.4 Å². The summed E-state index contributed by atoms with van der Waals surface area (Å²) in [4.78, 5) is 8.21. The van der Waals surface area contributed by atoms with E-state index in [9.17, 15) is 0 Å². The molecule has 0 spiro atoms. The van der Waals surface area contributed by atoms with Crippen LogP contribution in [0.2, 0.25) is 0 Å². The third-order valence-electron chi connectivity index (χ3n) is 7.41. The van der Waals surface area contributed by atoms with Crippen LogP contribution >= 0.6 is 0 Å². The highest BCUT2D eigenvalue weighted by Crippen LogP contribution is 2.35. The molecule has 5 atom stereocenters. The zero-order valence-corrected chi connectivity index (χ0v) is 20.1. The van der Waals surface area contributed by atoms with Crippen molar-refractivity contribution in [3.8, 4) is 0 Å². The van der Waals surface area contributed by atoms with E-state index >= 15 is 0 Å².